The molecule has 1 unspecified atom stereocenters. The topological polar surface area (TPSA) is 26.0 Å². The predicted molar refractivity (Wildman–Crippen MR) is 64.9 cm³/mol. The molecule has 0 spiro atoms. The summed E-state index contributed by atoms with van der Waals surface area (Å²) in [6, 6.07) is 2.51. The zero-order valence-corrected chi connectivity index (χ0v) is 10.4. The van der Waals surface area contributed by atoms with Crippen molar-refractivity contribution >= 4 is 11.3 Å². The Balaban J connectivity index is 2.78. The molecule has 1 aromatic rings. The molecule has 1 atom stereocenters. The Hall–Kier alpha value is -0.340. The molecule has 0 saturated heterocycles. The maximum Gasteiger partial charge on any atom is 0.0389 e. The maximum atomic E-state index is 6.07. The summed E-state index contributed by atoms with van der Waals surface area (Å²) < 4.78 is 0. The van der Waals surface area contributed by atoms with E-state index in [1.807, 2.05) is 0 Å². The lowest BCUT2D eigenvalue weighted by Gasteiger charge is -2.16. The lowest BCUT2D eigenvalue weighted by molar-refractivity contribution is 0.589. The van der Waals surface area contributed by atoms with Gasteiger partial charge in [0.05, 0.1) is 0 Å². The van der Waals surface area contributed by atoms with Gasteiger partial charge < -0.3 is 5.73 Å². The minimum Gasteiger partial charge on any atom is -0.323 e. The van der Waals surface area contributed by atoms with Crippen LogP contribution in [0.4, 0.5) is 0 Å². The molecule has 0 aromatic carbocycles. The lowest BCUT2D eigenvalue weighted by Crippen LogP contribution is -2.10. The molecule has 1 aromatic heterocycles. The van der Waals surface area contributed by atoms with E-state index in [4.69, 9.17) is 5.73 Å². The van der Waals surface area contributed by atoms with Crippen LogP contribution in [0.5, 0.6) is 0 Å². The molecule has 1 heterocycles. The van der Waals surface area contributed by atoms with Gasteiger partial charge in [0.2, 0.25) is 0 Å². The second-order valence-corrected chi connectivity index (χ2v) is 5.83. The molecule has 14 heavy (non-hydrogen) atoms. The monoisotopic (exact) mass is 211 g/mol. The van der Waals surface area contributed by atoms with Crippen molar-refractivity contribution in [1.29, 1.82) is 0 Å². The molecule has 0 bridgehead atoms. The van der Waals surface area contributed by atoms with Crippen molar-refractivity contribution in [3.8, 4) is 0 Å². The first-order chi connectivity index (χ1) is 6.45. The summed E-state index contributed by atoms with van der Waals surface area (Å²) in [4.78, 5) is 1.33. The summed E-state index contributed by atoms with van der Waals surface area (Å²) in [6.07, 6.45) is 2.24. The van der Waals surface area contributed by atoms with Crippen molar-refractivity contribution in [2.45, 2.75) is 52.0 Å². The smallest absolute Gasteiger partial charge is 0.0389 e. The van der Waals surface area contributed by atoms with Crippen LogP contribution in [-0.2, 0) is 5.41 Å². The SMILES string of the molecule is CCCC(N)c1cc(C(C)(C)C)cs1. The van der Waals surface area contributed by atoms with E-state index >= 15 is 0 Å². The highest BCUT2D eigenvalue weighted by Gasteiger charge is 2.17. The fourth-order valence-corrected chi connectivity index (χ4v) is 2.57. The Bertz CT molecular complexity index is 283. The fraction of sp³-hybridized carbons (Fsp3) is 0.667. The third-order valence-electron chi connectivity index (χ3n) is 2.45. The van der Waals surface area contributed by atoms with Crippen LogP contribution in [0.2, 0.25) is 0 Å². The van der Waals surface area contributed by atoms with Gasteiger partial charge in [-0.05, 0) is 28.8 Å². The van der Waals surface area contributed by atoms with E-state index in [9.17, 15) is 0 Å². The lowest BCUT2D eigenvalue weighted by atomic mass is 9.89. The second kappa shape index (κ2) is 4.45. The van der Waals surface area contributed by atoms with E-state index in [1.165, 1.54) is 10.4 Å². The van der Waals surface area contributed by atoms with Crippen molar-refractivity contribution in [2.75, 3.05) is 0 Å². The Morgan fingerprint density at radius 3 is 2.50 bits per heavy atom. The minimum absolute atomic E-state index is 0.237. The number of thiophene rings is 1. The van der Waals surface area contributed by atoms with Crippen molar-refractivity contribution in [1.82, 2.24) is 0 Å². The molecular formula is C12H21NS. The Morgan fingerprint density at radius 1 is 1.43 bits per heavy atom. The molecule has 0 aliphatic rings. The Kier molecular flexibility index (Phi) is 3.73. The van der Waals surface area contributed by atoms with Gasteiger partial charge in [-0.2, -0.15) is 0 Å². The van der Waals surface area contributed by atoms with E-state index in [-0.39, 0.29) is 11.5 Å². The van der Waals surface area contributed by atoms with Crippen LogP contribution in [0.15, 0.2) is 11.4 Å². The van der Waals surface area contributed by atoms with E-state index in [2.05, 4.69) is 39.1 Å². The predicted octanol–water partition coefficient (Wildman–Crippen LogP) is 3.85. The van der Waals surface area contributed by atoms with E-state index in [0.29, 0.717) is 0 Å². The van der Waals surface area contributed by atoms with Crippen LogP contribution >= 0.6 is 11.3 Å². The average Bonchev–Trinajstić information content (AvgIpc) is 2.51. The first-order valence-electron chi connectivity index (χ1n) is 5.29. The van der Waals surface area contributed by atoms with Crippen LogP contribution in [-0.4, -0.2) is 0 Å². The molecule has 0 radical (unpaired) electrons. The normalized spacial score (nSPS) is 14.4. The first kappa shape index (κ1) is 11.7. The summed E-state index contributed by atoms with van der Waals surface area (Å²) in [6.45, 7) is 8.90. The van der Waals surface area contributed by atoms with E-state index in [0.717, 1.165) is 12.8 Å². The van der Waals surface area contributed by atoms with Crippen LogP contribution < -0.4 is 5.73 Å². The molecule has 1 rings (SSSR count). The second-order valence-electron chi connectivity index (χ2n) is 4.88. The van der Waals surface area contributed by atoms with Crippen molar-refractivity contribution in [2.24, 2.45) is 5.73 Å². The molecule has 0 saturated carbocycles. The van der Waals surface area contributed by atoms with Gasteiger partial charge in [0.1, 0.15) is 0 Å². The molecule has 80 valence electrons. The number of nitrogens with two attached hydrogens (primary N) is 1. The highest BCUT2D eigenvalue weighted by molar-refractivity contribution is 7.10. The number of hydrogen-bond donors (Lipinski definition) is 1. The highest BCUT2D eigenvalue weighted by Crippen LogP contribution is 2.30. The van der Waals surface area contributed by atoms with Gasteiger partial charge in [-0.15, -0.1) is 11.3 Å². The van der Waals surface area contributed by atoms with Crippen molar-refractivity contribution < 1.29 is 0 Å². The zero-order valence-electron chi connectivity index (χ0n) is 9.63. The van der Waals surface area contributed by atoms with Gasteiger partial charge in [0, 0.05) is 10.9 Å². The third-order valence-corrected chi connectivity index (χ3v) is 3.52. The van der Waals surface area contributed by atoms with Gasteiger partial charge in [-0.3, -0.25) is 0 Å². The summed E-state index contributed by atoms with van der Waals surface area (Å²) in [5, 5.41) is 2.24. The van der Waals surface area contributed by atoms with Gasteiger partial charge in [-0.1, -0.05) is 34.1 Å². The van der Waals surface area contributed by atoms with Crippen molar-refractivity contribution in [3.63, 3.8) is 0 Å². The third kappa shape index (κ3) is 2.82. The number of rotatable bonds is 3. The minimum atomic E-state index is 0.237. The Labute approximate surface area is 91.3 Å². The molecule has 1 nitrogen and oxygen atoms in total. The summed E-state index contributed by atoms with van der Waals surface area (Å²) in [5.41, 5.74) is 7.73. The Morgan fingerprint density at radius 2 is 2.07 bits per heavy atom. The van der Waals surface area contributed by atoms with Crippen LogP contribution in [0.25, 0.3) is 0 Å². The van der Waals surface area contributed by atoms with Gasteiger partial charge in [0.25, 0.3) is 0 Å². The fourth-order valence-electron chi connectivity index (χ4n) is 1.39. The zero-order chi connectivity index (χ0) is 10.8. The first-order valence-corrected chi connectivity index (χ1v) is 6.17. The summed E-state index contributed by atoms with van der Waals surface area (Å²) in [7, 11) is 0. The van der Waals surface area contributed by atoms with Crippen molar-refractivity contribution in [3.05, 3.63) is 21.9 Å². The average molecular weight is 211 g/mol. The molecule has 2 N–H and O–H groups in total. The van der Waals surface area contributed by atoms with Crippen LogP contribution in [0.1, 0.15) is 57.0 Å². The molecular weight excluding hydrogens is 190 g/mol. The van der Waals surface area contributed by atoms with Crippen LogP contribution in [0, 0.1) is 0 Å². The summed E-state index contributed by atoms with van der Waals surface area (Å²) in [5.74, 6) is 0. The van der Waals surface area contributed by atoms with E-state index < -0.39 is 0 Å². The van der Waals surface area contributed by atoms with Gasteiger partial charge in [-0.25, -0.2) is 0 Å². The van der Waals surface area contributed by atoms with Gasteiger partial charge >= 0.3 is 0 Å². The highest BCUT2D eigenvalue weighted by atomic mass is 32.1. The standard InChI is InChI=1S/C12H21NS/c1-5-6-10(13)11-7-9(8-14-11)12(2,3)4/h7-8,10H,5-6,13H2,1-4H3. The molecule has 0 fully saturated rings. The molecule has 0 amide bonds. The van der Waals surface area contributed by atoms with E-state index in [1.54, 1.807) is 11.3 Å². The molecule has 2 heteroatoms. The maximum absolute atomic E-state index is 6.07. The number of hydrogen-bond acceptors (Lipinski definition) is 2. The molecule has 0 aliphatic carbocycles. The van der Waals surface area contributed by atoms with Gasteiger partial charge in [0.15, 0.2) is 0 Å². The molecule has 0 aliphatic heterocycles. The summed E-state index contributed by atoms with van der Waals surface area (Å²) >= 11 is 1.80. The van der Waals surface area contributed by atoms with Crippen LogP contribution in [0.3, 0.4) is 0 Å². The quantitative estimate of drug-likeness (QED) is 0.807. The largest absolute Gasteiger partial charge is 0.323 e.